The fourth-order valence-corrected chi connectivity index (χ4v) is 3.42. The molecule has 9 heteroatoms. The summed E-state index contributed by atoms with van der Waals surface area (Å²) in [5.41, 5.74) is 0.405. The molecule has 1 aromatic carbocycles. The summed E-state index contributed by atoms with van der Waals surface area (Å²) >= 11 is 0. The second-order valence-corrected chi connectivity index (χ2v) is 7.05. The van der Waals surface area contributed by atoms with E-state index in [9.17, 15) is 19.2 Å². The number of carbonyl (C=O) groups excluding carboxylic acids is 4. The Bertz CT molecular complexity index is 977. The smallest absolute Gasteiger partial charge is 0.338 e. The number of rotatable bonds is 7. The van der Waals surface area contributed by atoms with Crippen molar-refractivity contribution in [3.8, 4) is 0 Å². The van der Waals surface area contributed by atoms with E-state index in [0.29, 0.717) is 18.9 Å². The van der Waals surface area contributed by atoms with Crippen LogP contribution in [0.15, 0.2) is 41.0 Å². The first-order chi connectivity index (χ1) is 14.5. The molecule has 2 aliphatic rings. The van der Waals surface area contributed by atoms with Crippen molar-refractivity contribution in [1.82, 2.24) is 10.2 Å². The minimum atomic E-state index is -0.755. The molecule has 1 atom stereocenters. The van der Waals surface area contributed by atoms with Gasteiger partial charge in [-0.15, -0.1) is 0 Å². The Balaban J connectivity index is 1.35. The first kappa shape index (κ1) is 19.8. The van der Waals surface area contributed by atoms with Crippen molar-refractivity contribution in [3.63, 3.8) is 0 Å². The van der Waals surface area contributed by atoms with Gasteiger partial charge in [0, 0.05) is 13.2 Å². The molecule has 2 aromatic rings. The molecule has 1 aromatic heterocycles. The topological polar surface area (TPSA) is 115 Å². The molecule has 9 nitrogen and oxygen atoms in total. The maximum absolute atomic E-state index is 12.6. The van der Waals surface area contributed by atoms with Gasteiger partial charge in [-0.05, 0) is 43.2 Å². The number of furan rings is 1. The lowest BCUT2D eigenvalue weighted by Crippen LogP contribution is -2.34. The van der Waals surface area contributed by atoms with Crippen molar-refractivity contribution >= 4 is 23.7 Å². The molecule has 0 saturated carbocycles. The highest BCUT2D eigenvalue weighted by molar-refractivity contribution is 6.21. The predicted molar refractivity (Wildman–Crippen MR) is 102 cm³/mol. The van der Waals surface area contributed by atoms with E-state index in [4.69, 9.17) is 13.9 Å². The van der Waals surface area contributed by atoms with Gasteiger partial charge in [-0.25, -0.2) is 4.79 Å². The molecule has 1 saturated heterocycles. The normalized spacial score (nSPS) is 17.9. The first-order valence-electron chi connectivity index (χ1n) is 9.61. The molecule has 1 fully saturated rings. The highest BCUT2D eigenvalue weighted by atomic mass is 16.5. The molecular weight excluding hydrogens is 392 g/mol. The number of imide groups is 1. The molecule has 156 valence electrons. The summed E-state index contributed by atoms with van der Waals surface area (Å²) in [4.78, 5) is 50.3. The largest absolute Gasteiger partial charge is 0.467 e. The molecule has 0 spiro atoms. The van der Waals surface area contributed by atoms with E-state index in [2.05, 4.69) is 5.32 Å². The molecule has 3 amide bonds. The van der Waals surface area contributed by atoms with Crippen LogP contribution in [0.25, 0.3) is 0 Å². The highest BCUT2D eigenvalue weighted by Gasteiger charge is 2.36. The zero-order valence-corrected chi connectivity index (χ0v) is 16.1. The molecule has 4 rings (SSSR count). The molecule has 0 radical (unpaired) electrons. The van der Waals surface area contributed by atoms with Crippen molar-refractivity contribution in [2.24, 2.45) is 0 Å². The highest BCUT2D eigenvalue weighted by Crippen LogP contribution is 2.26. The van der Waals surface area contributed by atoms with Crippen LogP contribution in [0, 0.1) is 0 Å². The Morgan fingerprint density at radius 3 is 2.73 bits per heavy atom. The molecule has 2 aliphatic heterocycles. The molecule has 3 heterocycles. The summed E-state index contributed by atoms with van der Waals surface area (Å²) in [5.74, 6) is -1.70. The molecule has 0 aliphatic carbocycles. The number of ether oxygens (including phenoxy) is 2. The second-order valence-electron chi connectivity index (χ2n) is 7.05. The molecule has 1 unspecified atom stereocenters. The van der Waals surface area contributed by atoms with E-state index in [1.165, 1.54) is 24.5 Å². The minimum Gasteiger partial charge on any atom is -0.467 e. The summed E-state index contributed by atoms with van der Waals surface area (Å²) in [6.45, 7) is 0.621. The number of esters is 1. The van der Waals surface area contributed by atoms with Gasteiger partial charge in [-0.1, -0.05) is 0 Å². The maximum atomic E-state index is 12.6. The van der Waals surface area contributed by atoms with Crippen LogP contribution < -0.4 is 5.32 Å². The quantitative estimate of drug-likeness (QED) is 0.542. The molecular formula is C21H20N2O7. The summed E-state index contributed by atoms with van der Waals surface area (Å²) in [7, 11) is 0. The van der Waals surface area contributed by atoms with Gasteiger partial charge in [0.15, 0.2) is 6.61 Å². The van der Waals surface area contributed by atoms with Crippen LogP contribution in [-0.4, -0.2) is 54.5 Å². The summed E-state index contributed by atoms with van der Waals surface area (Å²) in [5, 5.41) is 2.66. The third kappa shape index (κ3) is 4.11. The number of fused-ring (bicyclic) bond motifs is 1. The van der Waals surface area contributed by atoms with E-state index in [1.807, 2.05) is 0 Å². The fraction of sp³-hybridized carbons (Fsp3) is 0.333. The minimum absolute atomic E-state index is 0.00397. The zero-order chi connectivity index (χ0) is 21.1. The number of nitrogens with one attached hydrogen (secondary N) is 1. The number of amides is 3. The number of benzene rings is 1. The zero-order valence-electron chi connectivity index (χ0n) is 16.1. The standard InChI is InChI=1S/C21H20N2O7/c24-18(22-10-14-3-1-7-28-14)12-30-21(27)13-5-6-16-17(9-13)20(26)23(19(16)25)11-15-4-2-8-29-15/h2,4-6,8-9,14H,1,3,7,10-12H2,(H,22,24). The van der Waals surface area contributed by atoms with Gasteiger partial charge in [0.25, 0.3) is 17.7 Å². The van der Waals surface area contributed by atoms with Crippen molar-refractivity contribution < 1.29 is 33.1 Å². The molecule has 0 bridgehead atoms. The van der Waals surface area contributed by atoms with Crippen molar-refractivity contribution in [3.05, 3.63) is 59.0 Å². The third-order valence-electron chi connectivity index (χ3n) is 4.99. The average molecular weight is 412 g/mol. The summed E-state index contributed by atoms with van der Waals surface area (Å²) in [6, 6.07) is 7.44. The van der Waals surface area contributed by atoms with E-state index >= 15 is 0 Å². The predicted octanol–water partition coefficient (Wildman–Crippen LogP) is 1.53. The van der Waals surface area contributed by atoms with Crippen molar-refractivity contribution in [2.75, 3.05) is 19.8 Å². The van der Waals surface area contributed by atoms with Gasteiger partial charge in [0.2, 0.25) is 0 Å². The lowest BCUT2D eigenvalue weighted by molar-refractivity contribution is -0.124. The SMILES string of the molecule is O=C(COC(=O)c1ccc2c(c1)C(=O)N(Cc1ccco1)C2=O)NCC1CCCO1. The second kappa shape index (κ2) is 8.50. The van der Waals surface area contributed by atoms with Gasteiger partial charge < -0.3 is 19.2 Å². The number of carbonyl (C=O) groups is 4. The van der Waals surface area contributed by atoms with Crippen LogP contribution in [0.2, 0.25) is 0 Å². The summed E-state index contributed by atoms with van der Waals surface area (Å²) < 4.78 is 15.6. The average Bonchev–Trinajstić information content (AvgIpc) is 3.50. The maximum Gasteiger partial charge on any atom is 0.338 e. The Kier molecular flexibility index (Phi) is 5.62. The number of hydrogen-bond donors (Lipinski definition) is 1. The van der Waals surface area contributed by atoms with Crippen LogP contribution in [0.5, 0.6) is 0 Å². The van der Waals surface area contributed by atoms with Crippen LogP contribution in [0.1, 0.15) is 49.7 Å². The van der Waals surface area contributed by atoms with Gasteiger partial charge >= 0.3 is 5.97 Å². The lowest BCUT2D eigenvalue weighted by atomic mass is 10.1. The van der Waals surface area contributed by atoms with Crippen LogP contribution in [0.3, 0.4) is 0 Å². The van der Waals surface area contributed by atoms with Crippen molar-refractivity contribution in [1.29, 1.82) is 0 Å². The number of nitrogens with zero attached hydrogens (tertiary/aromatic N) is 1. The van der Waals surface area contributed by atoms with Crippen LogP contribution in [0.4, 0.5) is 0 Å². The van der Waals surface area contributed by atoms with Gasteiger partial charge in [0.05, 0.1) is 35.6 Å². The van der Waals surface area contributed by atoms with Crippen LogP contribution in [-0.2, 0) is 20.8 Å². The van der Waals surface area contributed by atoms with E-state index < -0.39 is 30.3 Å². The monoisotopic (exact) mass is 412 g/mol. The lowest BCUT2D eigenvalue weighted by Gasteiger charge is -2.11. The van der Waals surface area contributed by atoms with Gasteiger partial charge in [0.1, 0.15) is 5.76 Å². The fourth-order valence-electron chi connectivity index (χ4n) is 3.42. The molecule has 1 N–H and O–H groups in total. The molecule has 30 heavy (non-hydrogen) atoms. The van der Waals surface area contributed by atoms with E-state index in [1.54, 1.807) is 12.1 Å². The Labute approximate surface area is 171 Å². The Morgan fingerprint density at radius 2 is 2.00 bits per heavy atom. The van der Waals surface area contributed by atoms with Gasteiger partial charge in [-0.3, -0.25) is 19.3 Å². The van der Waals surface area contributed by atoms with Gasteiger partial charge in [-0.2, -0.15) is 0 Å². The van der Waals surface area contributed by atoms with Crippen LogP contribution >= 0.6 is 0 Å². The Morgan fingerprint density at radius 1 is 1.17 bits per heavy atom. The van der Waals surface area contributed by atoms with E-state index in [0.717, 1.165) is 17.7 Å². The number of hydrogen-bond acceptors (Lipinski definition) is 7. The van der Waals surface area contributed by atoms with E-state index in [-0.39, 0.29) is 29.3 Å². The Hall–Kier alpha value is -3.46. The van der Waals surface area contributed by atoms with Crippen molar-refractivity contribution in [2.45, 2.75) is 25.5 Å². The first-order valence-corrected chi connectivity index (χ1v) is 9.61. The summed E-state index contributed by atoms with van der Waals surface area (Å²) in [6.07, 6.45) is 3.31. The third-order valence-corrected chi connectivity index (χ3v) is 4.99.